The molecule has 7 heteroatoms. The van der Waals surface area contributed by atoms with Crippen LogP contribution in [-0.2, 0) is 4.79 Å². The van der Waals surface area contributed by atoms with Gasteiger partial charge in [-0.25, -0.2) is 0 Å². The van der Waals surface area contributed by atoms with Gasteiger partial charge < -0.3 is 16.4 Å². The molecule has 0 saturated heterocycles. The van der Waals surface area contributed by atoms with Crippen LogP contribution in [-0.4, -0.2) is 35.6 Å². The Balaban J connectivity index is 2.25. The van der Waals surface area contributed by atoms with Crippen LogP contribution >= 0.6 is 0 Å². The molecular formula is C8H13N5O2. The topological polar surface area (TPSA) is 113 Å². The first-order chi connectivity index (χ1) is 7.25. The van der Waals surface area contributed by atoms with Gasteiger partial charge in [0.05, 0.1) is 11.9 Å². The molecule has 0 bridgehead atoms. The Kier molecular flexibility index (Phi) is 4.14. The predicted octanol–water partition coefficient (Wildman–Crippen LogP) is -1.14. The van der Waals surface area contributed by atoms with Crippen LogP contribution in [0.5, 0.6) is 0 Å². The number of hydrogen-bond acceptors (Lipinski definition) is 4. The van der Waals surface area contributed by atoms with Gasteiger partial charge in [0.2, 0.25) is 6.41 Å². The average Bonchev–Trinajstić information content (AvgIpc) is 2.64. The van der Waals surface area contributed by atoms with Crippen molar-refractivity contribution in [3.63, 3.8) is 0 Å². The molecule has 0 atom stereocenters. The predicted molar refractivity (Wildman–Crippen MR) is 54.0 cm³/mol. The Morgan fingerprint density at radius 1 is 1.60 bits per heavy atom. The van der Waals surface area contributed by atoms with Gasteiger partial charge in [-0.1, -0.05) is 0 Å². The number of H-pyrrole nitrogens is 1. The number of amides is 2. The summed E-state index contributed by atoms with van der Waals surface area (Å²) in [6.07, 6.45) is 2.66. The van der Waals surface area contributed by atoms with E-state index in [1.807, 2.05) is 0 Å². The molecule has 0 fully saturated rings. The first kappa shape index (κ1) is 11.0. The maximum absolute atomic E-state index is 11.4. The Morgan fingerprint density at radius 2 is 2.40 bits per heavy atom. The van der Waals surface area contributed by atoms with Crippen molar-refractivity contribution < 1.29 is 9.59 Å². The molecule has 0 aliphatic heterocycles. The first-order valence-corrected chi connectivity index (χ1v) is 4.49. The summed E-state index contributed by atoms with van der Waals surface area (Å²) >= 11 is 0. The van der Waals surface area contributed by atoms with Crippen LogP contribution < -0.4 is 16.4 Å². The fourth-order valence-corrected chi connectivity index (χ4v) is 1.02. The third kappa shape index (κ3) is 3.29. The van der Waals surface area contributed by atoms with E-state index in [-0.39, 0.29) is 11.6 Å². The summed E-state index contributed by atoms with van der Waals surface area (Å²) in [6, 6.07) is 0. The van der Waals surface area contributed by atoms with E-state index < -0.39 is 0 Å². The summed E-state index contributed by atoms with van der Waals surface area (Å²) < 4.78 is 0. The lowest BCUT2D eigenvalue weighted by Crippen LogP contribution is -2.27. The summed E-state index contributed by atoms with van der Waals surface area (Å²) in [5.74, 6) is -0.295. The van der Waals surface area contributed by atoms with Gasteiger partial charge in [0.25, 0.3) is 5.91 Å². The van der Waals surface area contributed by atoms with Crippen molar-refractivity contribution in [3.8, 4) is 0 Å². The lowest BCUT2D eigenvalue weighted by Gasteiger charge is -2.03. The summed E-state index contributed by atoms with van der Waals surface area (Å²) in [4.78, 5) is 21.3. The number of nitrogen functional groups attached to an aromatic ring is 1. The van der Waals surface area contributed by atoms with Gasteiger partial charge in [0.1, 0.15) is 5.69 Å². The second-order valence-corrected chi connectivity index (χ2v) is 2.88. The maximum atomic E-state index is 11.4. The standard InChI is InChI=1S/C8H13N5O2/c9-6-4-12-13-7(6)8(15)11-3-1-2-10-5-14/h4-5H,1-3,9H2,(H,10,14)(H,11,15)(H,12,13). The molecule has 2 amide bonds. The van der Waals surface area contributed by atoms with Crippen LogP contribution in [0.15, 0.2) is 6.20 Å². The summed E-state index contributed by atoms with van der Waals surface area (Å²) in [6.45, 7) is 1.00. The lowest BCUT2D eigenvalue weighted by molar-refractivity contribution is -0.109. The van der Waals surface area contributed by atoms with E-state index in [2.05, 4.69) is 20.8 Å². The molecule has 0 aliphatic carbocycles. The van der Waals surface area contributed by atoms with E-state index >= 15 is 0 Å². The highest BCUT2D eigenvalue weighted by Crippen LogP contribution is 2.04. The molecule has 82 valence electrons. The molecule has 5 N–H and O–H groups in total. The summed E-state index contributed by atoms with van der Waals surface area (Å²) in [5.41, 5.74) is 6.06. The molecule has 1 rings (SSSR count). The SMILES string of the molecule is Nc1cn[nH]c1C(=O)NCCCNC=O. The number of anilines is 1. The molecular weight excluding hydrogens is 198 g/mol. The number of aromatic amines is 1. The zero-order valence-corrected chi connectivity index (χ0v) is 8.12. The van der Waals surface area contributed by atoms with Gasteiger partial charge in [-0.05, 0) is 6.42 Å². The number of rotatable bonds is 6. The Hall–Kier alpha value is -2.05. The van der Waals surface area contributed by atoms with Crippen molar-refractivity contribution in [1.82, 2.24) is 20.8 Å². The third-order valence-corrected chi connectivity index (χ3v) is 1.76. The van der Waals surface area contributed by atoms with Crippen molar-refractivity contribution in [2.24, 2.45) is 0 Å². The molecule has 7 nitrogen and oxygen atoms in total. The molecule has 0 spiro atoms. The Morgan fingerprint density at radius 3 is 3.00 bits per heavy atom. The maximum Gasteiger partial charge on any atom is 0.271 e. The number of nitrogens with two attached hydrogens (primary N) is 1. The van der Waals surface area contributed by atoms with Crippen LogP contribution in [0.2, 0.25) is 0 Å². The van der Waals surface area contributed by atoms with E-state index in [1.54, 1.807) is 0 Å². The van der Waals surface area contributed by atoms with E-state index in [9.17, 15) is 9.59 Å². The Bertz CT molecular complexity index is 336. The molecule has 0 aliphatic rings. The largest absolute Gasteiger partial charge is 0.396 e. The van der Waals surface area contributed by atoms with Crippen molar-refractivity contribution >= 4 is 18.0 Å². The molecule has 15 heavy (non-hydrogen) atoms. The first-order valence-electron chi connectivity index (χ1n) is 4.49. The molecule has 1 aromatic rings. The van der Waals surface area contributed by atoms with Crippen molar-refractivity contribution in [2.75, 3.05) is 18.8 Å². The molecule has 0 unspecified atom stereocenters. The summed E-state index contributed by atoms with van der Waals surface area (Å²) in [5, 5.41) is 11.3. The van der Waals surface area contributed by atoms with Crippen LogP contribution in [0.3, 0.4) is 0 Å². The average molecular weight is 211 g/mol. The van der Waals surface area contributed by atoms with Gasteiger partial charge in [0, 0.05) is 13.1 Å². The Labute approximate surface area is 86.4 Å². The highest BCUT2D eigenvalue weighted by atomic mass is 16.2. The minimum Gasteiger partial charge on any atom is -0.396 e. The highest BCUT2D eigenvalue weighted by molar-refractivity contribution is 5.96. The normalized spacial score (nSPS) is 9.60. The third-order valence-electron chi connectivity index (χ3n) is 1.76. The number of carbonyl (C=O) groups excluding carboxylic acids is 2. The zero-order chi connectivity index (χ0) is 11.1. The molecule has 1 heterocycles. The van der Waals surface area contributed by atoms with E-state index in [0.29, 0.717) is 31.6 Å². The quantitative estimate of drug-likeness (QED) is 0.352. The van der Waals surface area contributed by atoms with Crippen molar-refractivity contribution in [1.29, 1.82) is 0 Å². The fourth-order valence-electron chi connectivity index (χ4n) is 1.02. The van der Waals surface area contributed by atoms with Crippen molar-refractivity contribution in [3.05, 3.63) is 11.9 Å². The number of aromatic nitrogens is 2. The fraction of sp³-hybridized carbons (Fsp3) is 0.375. The molecule has 1 aromatic heterocycles. The second kappa shape index (κ2) is 5.63. The van der Waals surface area contributed by atoms with E-state index in [1.165, 1.54) is 6.20 Å². The van der Waals surface area contributed by atoms with Gasteiger partial charge in [-0.3, -0.25) is 14.7 Å². The van der Waals surface area contributed by atoms with Crippen LogP contribution in [0.1, 0.15) is 16.9 Å². The van der Waals surface area contributed by atoms with E-state index in [4.69, 9.17) is 5.73 Å². The second-order valence-electron chi connectivity index (χ2n) is 2.88. The monoisotopic (exact) mass is 211 g/mol. The van der Waals surface area contributed by atoms with Gasteiger partial charge >= 0.3 is 0 Å². The smallest absolute Gasteiger partial charge is 0.271 e. The van der Waals surface area contributed by atoms with Crippen LogP contribution in [0.25, 0.3) is 0 Å². The molecule has 0 radical (unpaired) electrons. The molecule has 0 saturated carbocycles. The van der Waals surface area contributed by atoms with E-state index in [0.717, 1.165) is 0 Å². The number of hydrogen-bond donors (Lipinski definition) is 4. The number of nitrogens with zero attached hydrogens (tertiary/aromatic N) is 1. The highest BCUT2D eigenvalue weighted by Gasteiger charge is 2.09. The minimum atomic E-state index is -0.295. The van der Waals surface area contributed by atoms with Gasteiger partial charge in [0.15, 0.2) is 0 Å². The van der Waals surface area contributed by atoms with Crippen LogP contribution in [0.4, 0.5) is 5.69 Å². The zero-order valence-electron chi connectivity index (χ0n) is 8.12. The number of nitrogens with one attached hydrogen (secondary N) is 3. The van der Waals surface area contributed by atoms with Gasteiger partial charge in [-0.15, -0.1) is 0 Å². The molecule has 0 aromatic carbocycles. The summed E-state index contributed by atoms with van der Waals surface area (Å²) in [7, 11) is 0. The lowest BCUT2D eigenvalue weighted by atomic mass is 10.3. The van der Waals surface area contributed by atoms with Crippen LogP contribution in [0, 0.1) is 0 Å². The minimum absolute atomic E-state index is 0.262. The number of carbonyl (C=O) groups is 2. The van der Waals surface area contributed by atoms with Crippen molar-refractivity contribution in [2.45, 2.75) is 6.42 Å². The van der Waals surface area contributed by atoms with Gasteiger partial charge in [-0.2, -0.15) is 5.10 Å².